The summed E-state index contributed by atoms with van der Waals surface area (Å²) in [5.74, 6) is -0.133. The largest absolute Gasteiger partial charge is 0.333 e. The third kappa shape index (κ3) is 3.17. The van der Waals surface area contributed by atoms with Gasteiger partial charge < -0.3 is 9.88 Å². The van der Waals surface area contributed by atoms with Crippen molar-refractivity contribution < 1.29 is 4.39 Å². The van der Waals surface area contributed by atoms with Crippen LogP contribution in [0.5, 0.6) is 0 Å². The molecule has 2 aromatic rings. The van der Waals surface area contributed by atoms with E-state index in [0.717, 1.165) is 30.9 Å². The second-order valence-corrected chi connectivity index (χ2v) is 4.20. The van der Waals surface area contributed by atoms with E-state index in [1.54, 1.807) is 12.4 Å². The molecule has 1 aromatic carbocycles. The highest BCUT2D eigenvalue weighted by molar-refractivity contribution is 5.17. The third-order valence-electron chi connectivity index (χ3n) is 2.93. The van der Waals surface area contributed by atoms with Gasteiger partial charge in [0.2, 0.25) is 0 Å². The number of halogens is 1. The summed E-state index contributed by atoms with van der Waals surface area (Å²) in [5, 5.41) is 3.27. The number of nitrogens with zero attached hydrogens (tertiary/aromatic N) is 2. The van der Waals surface area contributed by atoms with Crippen molar-refractivity contribution in [2.75, 3.05) is 6.54 Å². The number of nitrogens with one attached hydrogen (secondary N) is 1. The summed E-state index contributed by atoms with van der Waals surface area (Å²) in [6.07, 6.45) is 4.33. The lowest BCUT2D eigenvalue weighted by Crippen LogP contribution is -2.15. The Kier molecular flexibility index (Phi) is 4.47. The van der Waals surface area contributed by atoms with E-state index in [4.69, 9.17) is 0 Å². The highest BCUT2D eigenvalue weighted by Crippen LogP contribution is 2.09. The van der Waals surface area contributed by atoms with Crippen molar-refractivity contribution in [3.63, 3.8) is 0 Å². The SMILES string of the molecule is CCNCc1cncn1CCc1ccccc1F. The second kappa shape index (κ2) is 6.31. The molecule has 0 atom stereocenters. The molecule has 1 N–H and O–H groups in total. The van der Waals surface area contributed by atoms with Crippen molar-refractivity contribution in [3.8, 4) is 0 Å². The number of hydrogen-bond donors (Lipinski definition) is 1. The van der Waals surface area contributed by atoms with Gasteiger partial charge in [0.25, 0.3) is 0 Å². The summed E-state index contributed by atoms with van der Waals surface area (Å²) >= 11 is 0. The van der Waals surface area contributed by atoms with Crippen LogP contribution in [0.4, 0.5) is 4.39 Å². The van der Waals surface area contributed by atoms with Gasteiger partial charge in [-0.15, -0.1) is 0 Å². The van der Waals surface area contributed by atoms with E-state index in [1.807, 2.05) is 18.3 Å². The van der Waals surface area contributed by atoms with Crippen molar-refractivity contribution >= 4 is 0 Å². The number of imidazole rings is 1. The molecule has 0 unspecified atom stereocenters. The maximum absolute atomic E-state index is 13.5. The van der Waals surface area contributed by atoms with E-state index in [9.17, 15) is 4.39 Å². The molecule has 18 heavy (non-hydrogen) atoms. The predicted octanol–water partition coefficient (Wildman–Crippen LogP) is 2.37. The fourth-order valence-electron chi connectivity index (χ4n) is 1.89. The summed E-state index contributed by atoms with van der Waals surface area (Å²) in [7, 11) is 0. The molecule has 0 saturated carbocycles. The standard InChI is InChI=1S/C14H18FN3/c1-2-16-9-13-10-17-11-18(13)8-7-12-5-3-4-6-14(12)15/h3-6,10-11,16H,2,7-9H2,1H3. The van der Waals surface area contributed by atoms with E-state index in [1.165, 1.54) is 6.07 Å². The van der Waals surface area contributed by atoms with E-state index in [-0.39, 0.29) is 5.82 Å². The van der Waals surface area contributed by atoms with Crippen LogP contribution in [0.25, 0.3) is 0 Å². The van der Waals surface area contributed by atoms with E-state index >= 15 is 0 Å². The van der Waals surface area contributed by atoms with Gasteiger partial charge in [0.15, 0.2) is 0 Å². The molecule has 0 aliphatic heterocycles. The van der Waals surface area contributed by atoms with Crippen LogP contribution in [-0.2, 0) is 19.5 Å². The normalized spacial score (nSPS) is 10.8. The minimum absolute atomic E-state index is 0.133. The molecule has 4 heteroatoms. The Labute approximate surface area is 107 Å². The van der Waals surface area contributed by atoms with Gasteiger partial charge in [-0.25, -0.2) is 9.37 Å². The first kappa shape index (κ1) is 12.8. The monoisotopic (exact) mass is 247 g/mol. The zero-order valence-corrected chi connectivity index (χ0v) is 10.6. The van der Waals surface area contributed by atoms with Gasteiger partial charge in [-0.05, 0) is 24.6 Å². The molecule has 0 amide bonds. The van der Waals surface area contributed by atoms with Crippen LogP contribution in [0.2, 0.25) is 0 Å². The maximum atomic E-state index is 13.5. The molecule has 0 spiro atoms. The highest BCUT2D eigenvalue weighted by Gasteiger charge is 2.04. The Balaban J connectivity index is 1.98. The van der Waals surface area contributed by atoms with Gasteiger partial charge in [-0.3, -0.25) is 0 Å². The van der Waals surface area contributed by atoms with Gasteiger partial charge >= 0.3 is 0 Å². The summed E-state index contributed by atoms with van der Waals surface area (Å²) in [4.78, 5) is 4.14. The summed E-state index contributed by atoms with van der Waals surface area (Å²) in [5.41, 5.74) is 1.88. The number of rotatable bonds is 6. The molecular formula is C14H18FN3. The minimum Gasteiger partial charge on any atom is -0.333 e. The van der Waals surface area contributed by atoms with Crippen LogP contribution in [0, 0.1) is 5.82 Å². The summed E-state index contributed by atoms with van der Waals surface area (Å²) in [6, 6.07) is 6.91. The van der Waals surface area contributed by atoms with Crippen LogP contribution < -0.4 is 5.32 Å². The first-order chi connectivity index (χ1) is 8.81. The highest BCUT2D eigenvalue weighted by atomic mass is 19.1. The first-order valence-electron chi connectivity index (χ1n) is 6.24. The summed E-state index contributed by atoms with van der Waals surface area (Å²) in [6.45, 7) is 4.55. The van der Waals surface area contributed by atoms with Crippen molar-refractivity contribution in [2.24, 2.45) is 0 Å². The van der Waals surface area contributed by atoms with Crippen molar-refractivity contribution in [1.29, 1.82) is 0 Å². The number of benzene rings is 1. The lowest BCUT2D eigenvalue weighted by Gasteiger charge is -2.09. The first-order valence-corrected chi connectivity index (χ1v) is 6.24. The fourth-order valence-corrected chi connectivity index (χ4v) is 1.89. The average Bonchev–Trinajstić information content (AvgIpc) is 2.83. The Morgan fingerprint density at radius 1 is 1.33 bits per heavy atom. The molecule has 0 bridgehead atoms. The van der Waals surface area contributed by atoms with Crippen molar-refractivity contribution in [1.82, 2.24) is 14.9 Å². The number of hydrogen-bond acceptors (Lipinski definition) is 2. The fraction of sp³-hybridized carbons (Fsp3) is 0.357. The zero-order valence-electron chi connectivity index (χ0n) is 10.6. The molecule has 3 nitrogen and oxygen atoms in total. The molecule has 1 heterocycles. The van der Waals surface area contributed by atoms with Crippen LogP contribution >= 0.6 is 0 Å². The smallest absolute Gasteiger partial charge is 0.126 e. The quantitative estimate of drug-likeness (QED) is 0.849. The minimum atomic E-state index is -0.133. The van der Waals surface area contributed by atoms with Crippen LogP contribution in [0.3, 0.4) is 0 Å². The van der Waals surface area contributed by atoms with E-state index in [0.29, 0.717) is 6.42 Å². The number of aryl methyl sites for hydroxylation is 2. The average molecular weight is 247 g/mol. The van der Waals surface area contributed by atoms with Crippen LogP contribution in [0.15, 0.2) is 36.8 Å². The van der Waals surface area contributed by atoms with Gasteiger partial charge in [0.05, 0.1) is 12.0 Å². The molecule has 0 aliphatic rings. The van der Waals surface area contributed by atoms with Crippen molar-refractivity contribution in [3.05, 3.63) is 53.9 Å². The topological polar surface area (TPSA) is 29.9 Å². The molecule has 1 aromatic heterocycles. The molecule has 96 valence electrons. The third-order valence-corrected chi connectivity index (χ3v) is 2.93. The van der Waals surface area contributed by atoms with Crippen molar-refractivity contribution in [2.45, 2.75) is 26.4 Å². The van der Waals surface area contributed by atoms with Crippen LogP contribution in [0.1, 0.15) is 18.2 Å². The molecule has 0 aliphatic carbocycles. The zero-order chi connectivity index (χ0) is 12.8. The Hall–Kier alpha value is -1.68. The second-order valence-electron chi connectivity index (χ2n) is 4.20. The van der Waals surface area contributed by atoms with E-state index in [2.05, 4.69) is 21.8 Å². The molecule has 2 rings (SSSR count). The molecule has 0 radical (unpaired) electrons. The van der Waals surface area contributed by atoms with E-state index < -0.39 is 0 Å². The van der Waals surface area contributed by atoms with Crippen LogP contribution in [-0.4, -0.2) is 16.1 Å². The van der Waals surface area contributed by atoms with Gasteiger partial charge in [-0.1, -0.05) is 25.1 Å². The van der Waals surface area contributed by atoms with Gasteiger partial charge in [0.1, 0.15) is 5.82 Å². The predicted molar refractivity (Wildman–Crippen MR) is 69.7 cm³/mol. The Morgan fingerprint density at radius 3 is 2.94 bits per heavy atom. The molecule has 0 saturated heterocycles. The molecular weight excluding hydrogens is 229 g/mol. The van der Waals surface area contributed by atoms with Gasteiger partial charge in [-0.2, -0.15) is 0 Å². The number of aromatic nitrogens is 2. The maximum Gasteiger partial charge on any atom is 0.126 e. The lowest BCUT2D eigenvalue weighted by molar-refractivity contribution is 0.580. The Bertz CT molecular complexity index is 493. The molecule has 0 fully saturated rings. The Morgan fingerprint density at radius 2 is 2.17 bits per heavy atom. The lowest BCUT2D eigenvalue weighted by atomic mass is 10.1. The van der Waals surface area contributed by atoms with Gasteiger partial charge in [0, 0.05) is 19.3 Å². The summed E-state index contributed by atoms with van der Waals surface area (Å²) < 4.78 is 15.5.